The summed E-state index contributed by atoms with van der Waals surface area (Å²) in [4.78, 5) is 12.1. The maximum Gasteiger partial charge on any atom is 0.416 e. The molecule has 2 aromatic rings. The first-order valence-electron chi connectivity index (χ1n) is 6.50. The van der Waals surface area contributed by atoms with Crippen molar-refractivity contribution >= 4 is 11.6 Å². The van der Waals surface area contributed by atoms with Crippen molar-refractivity contribution in [3.63, 3.8) is 0 Å². The first-order chi connectivity index (χ1) is 9.95. The Bertz CT molecular complexity index is 674. The van der Waals surface area contributed by atoms with Gasteiger partial charge < -0.3 is 5.32 Å². The summed E-state index contributed by atoms with van der Waals surface area (Å²) in [5.41, 5.74) is 1.75. The number of rotatable bonds is 2. The summed E-state index contributed by atoms with van der Waals surface area (Å²) in [5, 5.41) is 9.36. The van der Waals surface area contributed by atoms with Crippen LogP contribution in [-0.4, -0.2) is 16.1 Å². The molecule has 0 spiro atoms. The highest BCUT2D eigenvalue weighted by atomic mass is 19.4. The molecular weight excluding hydrogens is 283 g/mol. The Labute approximate surface area is 118 Å². The third-order valence-corrected chi connectivity index (χ3v) is 3.49. The average molecular weight is 295 g/mol. The van der Waals surface area contributed by atoms with Gasteiger partial charge in [0.25, 0.3) is 5.91 Å². The molecule has 1 aliphatic carbocycles. The first kappa shape index (κ1) is 13.7. The molecule has 0 saturated heterocycles. The lowest BCUT2D eigenvalue weighted by molar-refractivity contribution is -0.137. The summed E-state index contributed by atoms with van der Waals surface area (Å²) in [6.45, 7) is 0. The van der Waals surface area contributed by atoms with Gasteiger partial charge in [-0.3, -0.25) is 9.89 Å². The largest absolute Gasteiger partial charge is 0.416 e. The number of halogens is 3. The number of hydrogen-bond donors (Lipinski definition) is 2. The molecule has 0 radical (unpaired) electrons. The van der Waals surface area contributed by atoms with Crippen LogP contribution < -0.4 is 5.32 Å². The third kappa shape index (κ3) is 2.63. The van der Waals surface area contributed by atoms with Crippen LogP contribution >= 0.6 is 0 Å². The quantitative estimate of drug-likeness (QED) is 0.894. The van der Waals surface area contributed by atoms with Gasteiger partial charge in [0.2, 0.25) is 0 Å². The van der Waals surface area contributed by atoms with E-state index in [0.29, 0.717) is 11.4 Å². The van der Waals surface area contributed by atoms with Crippen molar-refractivity contribution in [2.45, 2.75) is 25.4 Å². The van der Waals surface area contributed by atoms with Crippen molar-refractivity contribution in [1.82, 2.24) is 10.2 Å². The van der Waals surface area contributed by atoms with Crippen molar-refractivity contribution in [3.8, 4) is 0 Å². The Hall–Kier alpha value is -2.31. The van der Waals surface area contributed by atoms with Gasteiger partial charge in [0, 0.05) is 16.9 Å². The van der Waals surface area contributed by atoms with Crippen LogP contribution in [0.25, 0.3) is 0 Å². The number of aromatic amines is 1. The van der Waals surface area contributed by atoms with Gasteiger partial charge >= 0.3 is 6.18 Å². The maximum absolute atomic E-state index is 12.5. The topological polar surface area (TPSA) is 57.8 Å². The highest BCUT2D eigenvalue weighted by molar-refractivity contribution is 6.04. The number of H-pyrrole nitrogens is 1. The Balaban J connectivity index is 1.76. The number of amides is 1. The summed E-state index contributed by atoms with van der Waals surface area (Å²) in [6.07, 6.45) is -1.74. The molecule has 1 heterocycles. The van der Waals surface area contributed by atoms with Crippen molar-refractivity contribution in [1.29, 1.82) is 0 Å². The second kappa shape index (κ2) is 4.91. The monoisotopic (exact) mass is 295 g/mol. The SMILES string of the molecule is O=C(Nc1ccc(C(F)(F)F)cc1)c1n[nH]c2c1CCC2. The second-order valence-corrected chi connectivity index (χ2v) is 4.91. The van der Waals surface area contributed by atoms with E-state index in [1.807, 2.05) is 0 Å². The van der Waals surface area contributed by atoms with Crippen LogP contribution in [0.3, 0.4) is 0 Å². The number of anilines is 1. The minimum absolute atomic E-state index is 0.308. The second-order valence-electron chi connectivity index (χ2n) is 4.91. The lowest BCUT2D eigenvalue weighted by atomic mass is 10.1. The molecule has 0 unspecified atom stereocenters. The molecule has 0 aliphatic heterocycles. The molecule has 0 bridgehead atoms. The van der Waals surface area contributed by atoms with E-state index < -0.39 is 17.6 Å². The summed E-state index contributed by atoms with van der Waals surface area (Å²) in [6, 6.07) is 4.33. The average Bonchev–Trinajstić information content (AvgIpc) is 3.00. The van der Waals surface area contributed by atoms with Crippen LogP contribution in [0.2, 0.25) is 0 Å². The summed E-state index contributed by atoms with van der Waals surface area (Å²) in [5.74, 6) is -0.408. The van der Waals surface area contributed by atoms with E-state index in [1.165, 1.54) is 12.1 Å². The molecule has 110 valence electrons. The van der Waals surface area contributed by atoms with Gasteiger partial charge in [0.1, 0.15) is 0 Å². The number of carbonyl (C=O) groups is 1. The summed E-state index contributed by atoms with van der Waals surface area (Å²) >= 11 is 0. The van der Waals surface area contributed by atoms with Gasteiger partial charge in [-0.1, -0.05) is 0 Å². The van der Waals surface area contributed by atoms with Crippen LogP contribution in [0.15, 0.2) is 24.3 Å². The van der Waals surface area contributed by atoms with Crippen LogP contribution in [0, 0.1) is 0 Å². The number of hydrogen-bond acceptors (Lipinski definition) is 2. The number of alkyl halides is 3. The summed E-state index contributed by atoms with van der Waals surface area (Å²) < 4.78 is 37.4. The fourth-order valence-electron chi connectivity index (χ4n) is 2.44. The lowest BCUT2D eigenvalue weighted by Crippen LogP contribution is -2.14. The molecule has 0 saturated carbocycles. The van der Waals surface area contributed by atoms with E-state index in [2.05, 4.69) is 15.5 Å². The van der Waals surface area contributed by atoms with Gasteiger partial charge in [0.05, 0.1) is 5.56 Å². The third-order valence-electron chi connectivity index (χ3n) is 3.49. The number of aryl methyl sites for hydroxylation is 1. The highest BCUT2D eigenvalue weighted by Gasteiger charge is 2.30. The minimum atomic E-state index is -4.38. The molecule has 7 heteroatoms. The maximum atomic E-state index is 12.5. The number of fused-ring (bicyclic) bond motifs is 1. The van der Waals surface area contributed by atoms with Crippen LogP contribution in [0.5, 0.6) is 0 Å². The number of carbonyl (C=O) groups excluding carboxylic acids is 1. The Morgan fingerprint density at radius 1 is 1.19 bits per heavy atom. The molecule has 1 amide bonds. The molecule has 1 aromatic carbocycles. The Kier molecular flexibility index (Phi) is 3.19. The molecule has 3 rings (SSSR count). The first-order valence-corrected chi connectivity index (χ1v) is 6.50. The normalized spacial score (nSPS) is 14.0. The predicted molar refractivity (Wildman–Crippen MR) is 70.0 cm³/mol. The Morgan fingerprint density at radius 3 is 2.57 bits per heavy atom. The van der Waals surface area contributed by atoms with Gasteiger partial charge in [0.15, 0.2) is 5.69 Å². The molecular formula is C14H12F3N3O. The lowest BCUT2D eigenvalue weighted by Gasteiger charge is -2.08. The van der Waals surface area contributed by atoms with Crippen molar-refractivity contribution < 1.29 is 18.0 Å². The van der Waals surface area contributed by atoms with Gasteiger partial charge in [-0.05, 0) is 43.5 Å². The van der Waals surface area contributed by atoms with Gasteiger partial charge in [-0.15, -0.1) is 0 Å². The molecule has 2 N–H and O–H groups in total. The fraction of sp³-hybridized carbons (Fsp3) is 0.286. The van der Waals surface area contributed by atoms with Gasteiger partial charge in [-0.2, -0.15) is 18.3 Å². The number of nitrogens with zero attached hydrogens (tertiary/aromatic N) is 1. The molecule has 0 atom stereocenters. The molecule has 0 fully saturated rings. The zero-order chi connectivity index (χ0) is 15.0. The molecule has 4 nitrogen and oxygen atoms in total. The zero-order valence-electron chi connectivity index (χ0n) is 10.9. The van der Waals surface area contributed by atoms with E-state index in [4.69, 9.17) is 0 Å². The van der Waals surface area contributed by atoms with E-state index >= 15 is 0 Å². The predicted octanol–water partition coefficient (Wildman–Crippen LogP) is 3.17. The fourth-order valence-corrected chi connectivity index (χ4v) is 2.44. The smallest absolute Gasteiger partial charge is 0.321 e. The van der Waals surface area contributed by atoms with Crippen LogP contribution in [0.1, 0.15) is 33.7 Å². The van der Waals surface area contributed by atoms with E-state index in [1.54, 1.807) is 0 Å². The highest BCUT2D eigenvalue weighted by Crippen LogP contribution is 2.30. The van der Waals surface area contributed by atoms with E-state index in [-0.39, 0.29) is 0 Å². The van der Waals surface area contributed by atoms with Crippen molar-refractivity contribution in [2.24, 2.45) is 0 Å². The van der Waals surface area contributed by atoms with Gasteiger partial charge in [-0.25, -0.2) is 0 Å². The minimum Gasteiger partial charge on any atom is -0.321 e. The number of benzene rings is 1. The van der Waals surface area contributed by atoms with Crippen LogP contribution in [-0.2, 0) is 19.0 Å². The standard InChI is InChI=1S/C14H12F3N3O/c15-14(16,17)8-4-6-9(7-5-8)18-13(21)12-10-2-1-3-11(10)19-20-12/h4-7H,1-3H2,(H,18,21)(H,19,20). The van der Waals surface area contributed by atoms with Crippen molar-refractivity contribution in [2.75, 3.05) is 5.32 Å². The molecule has 21 heavy (non-hydrogen) atoms. The van der Waals surface area contributed by atoms with E-state index in [9.17, 15) is 18.0 Å². The number of aromatic nitrogens is 2. The number of nitrogens with one attached hydrogen (secondary N) is 2. The summed E-state index contributed by atoms with van der Waals surface area (Å²) in [7, 11) is 0. The molecule has 1 aromatic heterocycles. The van der Waals surface area contributed by atoms with E-state index in [0.717, 1.165) is 42.7 Å². The zero-order valence-corrected chi connectivity index (χ0v) is 10.9. The van der Waals surface area contributed by atoms with Crippen molar-refractivity contribution in [3.05, 3.63) is 46.8 Å². The Morgan fingerprint density at radius 2 is 1.90 bits per heavy atom. The van der Waals surface area contributed by atoms with Crippen LogP contribution in [0.4, 0.5) is 18.9 Å². The molecule has 1 aliphatic rings.